The number of carbonyl (C=O) groups is 2. The number of primary amides is 1. The minimum absolute atomic E-state index is 0.322. The van der Waals surface area contributed by atoms with Gasteiger partial charge in [-0.1, -0.05) is 37.3 Å². The second-order valence-corrected chi connectivity index (χ2v) is 9.90. The van der Waals surface area contributed by atoms with Gasteiger partial charge in [0.15, 0.2) is 5.13 Å². The molecule has 1 aliphatic heterocycles. The summed E-state index contributed by atoms with van der Waals surface area (Å²) in [5, 5.41) is 3.33. The van der Waals surface area contributed by atoms with E-state index in [0.717, 1.165) is 39.6 Å². The molecule has 3 aromatic rings. The third-order valence-corrected chi connectivity index (χ3v) is 7.45. The number of urea groups is 1. The molecule has 0 bridgehead atoms. The highest BCUT2D eigenvalue weighted by atomic mass is 32.1. The van der Waals surface area contributed by atoms with Gasteiger partial charge < -0.3 is 15.4 Å². The minimum Gasteiger partial charge on any atom is -0.497 e. The van der Waals surface area contributed by atoms with E-state index in [-0.39, 0.29) is 11.4 Å². The number of ether oxygens (including phenoxy) is 1. The van der Waals surface area contributed by atoms with Crippen molar-refractivity contribution in [1.82, 2.24) is 14.9 Å². The molecule has 1 atom stereocenters. The van der Waals surface area contributed by atoms with Crippen LogP contribution in [0, 0.1) is 6.92 Å². The maximum atomic E-state index is 12.7. The summed E-state index contributed by atoms with van der Waals surface area (Å²) in [4.78, 5) is 36.0. The van der Waals surface area contributed by atoms with Crippen molar-refractivity contribution in [2.45, 2.75) is 45.1 Å². The van der Waals surface area contributed by atoms with E-state index in [1.807, 2.05) is 25.1 Å². The molecular formula is C25H29N5O3S. The molecule has 3 amide bonds. The minimum atomic E-state index is -0.566. The lowest BCUT2D eigenvalue weighted by Crippen LogP contribution is -2.45. The Hall–Kier alpha value is -3.46. The third-order valence-electron chi connectivity index (χ3n) is 6.33. The van der Waals surface area contributed by atoms with Gasteiger partial charge in [-0.3, -0.25) is 15.1 Å². The SMILES string of the molecule is COc1ccc(C(C)(C)c2cc(-c3sc(NC(=O)N4CCC[C@H]4C(N)=O)nc3C)ccn2)cc1. The molecule has 0 saturated carbocycles. The van der Waals surface area contributed by atoms with Gasteiger partial charge in [0.1, 0.15) is 11.8 Å². The zero-order chi connectivity index (χ0) is 24.5. The summed E-state index contributed by atoms with van der Waals surface area (Å²) in [7, 11) is 1.65. The second-order valence-electron chi connectivity index (χ2n) is 8.90. The quantitative estimate of drug-likeness (QED) is 0.547. The first-order valence-corrected chi connectivity index (χ1v) is 12.0. The molecule has 0 spiro atoms. The number of pyridine rings is 1. The van der Waals surface area contributed by atoms with Crippen LogP contribution in [0.3, 0.4) is 0 Å². The number of nitrogens with zero attached hydrogens (tertiary/aromatic N) is 3. The van der Waals surface area contributed by atoms with E-state index >= 15 is 0 Å². The first-order chi connectivity index (χ1) is 16.2. The fraction of sp³-hybridized carbons (Fsp3) is 0.360. The van der Waals surface area contributed by atoms with Gasteiger partial charge in [-0.25, -0.2) is 9.78 Å². The molecule has 0 radical (unpaired) electrons. The van der Waals surface area contributed by atoms with E-state index < -0.39 is 11.9 Å². The van der Waals surface area contributed by atoms with Crippen molar-refractivity contribution in [3.63, 3.8) is 0 Å². The Morgan fingerprint density at radius 3 is 2.65 bits per heavy atom. The van der Waals surface area contributed by atoms with Crippen LogP contribution in [-0.2, 0) is 10.2 Å². The van der Waals surface area contributed by atoms with E-state index in [4.69, 9.17) is 10.5 Å². The zero-order valence-electron chi connectivity index (χ0n) is 19.8. The predicted molar refractivity (Wildman–Crippen MR) is 133 cm³/mol. The first kappa shape index (κ1) is 23.7. The number of anilines is 1. The topological polar surface area (TPSA) is 110 Å². The number of carbonyl (C=O) groups excluding carboxylic acids is 2. The Balaban J connectivity index is 1.57. The van der Waals surface area contributed by atoms with Gasteiger partial charge in [0.2, 0.25) is 5.91 Å². The number of amides is 3. The van der Waals surface area contributed by atoms with Gasteiger partial charge in [-0.05, 0) is 55.2 Å². The summed E-state index contributed by atoms with van der Waals surface area (Å²) in [6, 6.07) is 11.1. The normalized spacial score (nSPS) is 15.9. The highest BCUT2D eigenvalue weighted by Gasteiger charge is 2.33. The third kappa shape index (κ3) is 4.61. The molecule has 8 nitrogen and oxygen atoms in total. The number of benzene rings is 1. The highest BCUT2D eigenvalue weighted by Crippen LogP contribution is 2.37. The number of nitrogens with one attached hydrogen (secondary N) is 1. The van der Waals surface area contributed by atoms with E-state index in [0.29, 0.717) is 18.1 Å². The molecular weight excluding hydrogens is 450 g/mol. The van der Waals surface area contributed by atoms with E-state index in [2.05, 4.69) is 47.3 Å². The summed E-state index contributed by atoms with van der Waals surface area (Å²) in [5.74, 6) is 0.333. The van der Waals surface area contributed by atoms with Crippen molar-refractivity contribution in [2.24, 2.45) is 5.73 Å². The van der Waals surface area contributed by atoms with Crippen LogP contribution in [0.2, 0.25) is 0 Å². The second kappa shape index (κ2) is 9.42. The molecule has 1 aromatic carbocycles. The lowest BCUT2D eigenvalue weighted by atomic mass is 9.80. The van der Waals surface area contributed by atoms with Crippen LogP contribution in [0.25, 0.3) is 10.4 Å². The van der Waals surface area contributed by atoms with Crippen molar-refractivity contribution >= 4 is 28.4 Å². The van der Waals surface area contributed by atoms with Crippen molar-refractivity contribution in [1.29, 1.82) is 0 Å². The molecule has 34 heavy (non-hydrogen) atoms. The fourth-order valence-corrected chi connectivity index (χ4v) is 5.21. The number of likely N-dealkylation sites (tertiary alicyclic amines) is 1. The molecule has 2 aromatic heterocycles. The predicted octanol–water partition coefficient (Wildman–Crippen LogP) is 4.33. The monoisotopic (exact) mass is 479 g/mol. The van der Waals surface area contributed by atoms with Gasteiger partial charge in [0.25, 0.3) is 0 Å². The number of rotatable bonds is 6. The fourth-order valence-electron chi connectivity index (χ4n) is 4.26. The molecule has 0 aliphatic carbocycles. The number of hydrogen-bond acceptors (Lipinski definition) is 6. The van der Waals surface area contributed by atoms with Gasteiger partial charge in [0, 0.05) is 18.2 Å². The standard InChI is InChI=1S/C25H29N5O3S/c1-15-21(34-23(28-15)29-24(32)30-13-5-6-19(30)22(26)31)16-11-12-27-20(14-16)25(2,3)17-7-9-18(33-4)10-8-17/h7-12,14,19H,5-6,13H2,1-4H3,(H2,26,31)(H,28,29,32)/t19-/m0/s1. The molecule has 178 valence electrons. The zero-order valence-corrected chi connectivity index (χ0v) is 20.6. The average Bonchev–Trinajstić information content (AvgIpc) is 3.46. The van der Waals surface area contributed by atoms with Crippen molar-refractivity contribution in [3.05, 3.63) is 59.5 Å². The van der Waals surface area contributed by atoms with Crippen LogP contribution in [0.15, 0.2) is 42.6 Å². The number of aryl methyl sites for hydroxylation is 1. The largest absolute Gasteiger partial charge is 0.497 e. The van der Waals surface area contributed by atoms with Crippen molar-refractivity contribution in [2.75, 3.05) is 19.0 Å². The highest BCUT2D eigenvalue weighted by molar-refractivity contribution is 7.19. The van der Waals surface area contributed by atoms with Gasteiger partial charge in [-0.15, -0.1) is 0 Å². The van der Waals surface area contributed by atoms with Gasteiger partial charge >= 0.3 is 6.03 Å². The molecule has 9 heteroatoms. The smallest absolute Gasteiger partial charge is 0.324 e. The number of aromatic nitrogens is 2. The van der Waals surface area contributed by atoms with Gasteiger partial charge in [-0.2, -0.15) is 0 Å². The number of hydrogen-bond donors (Lipinski definition) is 2. The molecule has 1 aliphatic rings. The Morgan fingerprint density at radius 2 is 1.97 bits per heavy atom. The van der Waals surface area contributed by atoms with E-state index in [1.54, 1.807) is 13.3 Å². The van der Waals surface area contributed by atoms with Crippen LogP contribution in [0.5, 0.6) is 5.75 Å². The lowest BCUT2D eigenvalue weighted by molar-refractivity contribution is -0.121. The Morgan fingerprint density at radius 1 is 1.24 bits per heavy atom. The lowest BCUT2D eigenvalue weighted by Gasteiger charge is -2.25. The molecule has 3 heterocycles. The number of methoxy groups -OCH3 is 1. The first-order valence-electron chi connectivity index (χ1n) is 11.2. The van der Waals surface area contributed by atoms with Gasteiger partial charge in [0.05, 0.1) is 23.4 Å². The Bertz CT molecular complexity index is 1210. The van der Waals surface area contributed by atoms with Crippen LogP contribution >= 0.6 is 11.3 Å². The average molecular weight is 480 g/mol. The van der Waals surface area contributed by atoms with Crippen LogP contribution in [-0.4, -0.2) is 46.5 Å². The van der Waals surface area contributed by atoms with E-state index in [1.165, 1.54) is 16.2 Å². The summed E-state index contributed by atoms with van der Waals surface area (Å²) < 4.78 is 5.28. The maximum Gasteiger partial charge on any atom is 0.324 e. The maximum absolute atomic E-state index is 12.7. The van der Waals surface area contributed by atoms with Crippen molar-refractivity contribution in [3.8, 4) is 16.2 Å². The number of thiazole rings is 1. The summed E-state index contributed by atoms with van der Waals surface area (Å²) in [6.45, 7) is 6.69. The summed E-state index contributed by atoms with van der Waals surface area (Å²) in [6.07, 6.45) is 3.15. The van der Waals surface area contributed by atoms with E-state index in [9.17, 15) is 9.59 Å². The molecule has 1 fully saturated rings. The molecule has 0 unspecified atom stereocenters. The molecule has 4 rings (SSSR count). The van der Waals surface area contributed by atoms with Crippen LogP contribution in [0.1, 0.15) is 43.6 Å². The number of nitrogens with two attached hydrogens (primary N) is 1. The summed E-state index contributed by atoms with van der Waals surface area (Å²) in [5.41, 5.74) is 8.97. The molecule has 3 N–H and O–H groups in total. The Labute approximate surface area is 203 Å². The van der Waals surface area contributed by atoms with Crippen molar-refractivity contribution < 1.29 is 14.3 Å². The molecule has 1 saturated heterocycles. The summed E-state index contributed by atoms with van der Waals surface area (Å²) >= 11 is 1.40. The Kier molecular flexibility index (Phi) is 6.56. The van der Waals surface area contributed by atoms with Crippen LogP contribution in [0.4, 0.5) is 9.93 Å². The van der Waals surface area contributed by atoms with Crippen LogP contribution < -0.4 is 15.8 Å².